The minimum atomic E-state index is -0.675. The monoisotopic (exact) mass is 421 g/mol. The van der Waals surface area contributed by atoms with E-state index in [4.69, 9.17) is 15.2 Å². The van der Waals surface area contributed by atoms with Gasteiger partial charge in [-0.25, -0.2) is 9.97 Å². The van der Waals surface area contributed by atoms with E-state index in [-0.39, 0.29) is 17.4 Å². The van der Waals surface area contributed by atoms with Crippen LogP contribution >= 0.6 is 0 Å². The third-order valence-corrected chi connectivity index (χ3v) is 4.92. The fourth-order valence-electron chi connectivity index (χ4n) is 3.35. The molecule has 1 amide bonds. The number of rotatable bonds is 6. The summed E-state index contributed by atoms with van der Waals surface area (Å²) < 4.78 is 10.5. The molecule has 2 heterocycles. The van der Waals surface area contributed by atoms with Gasteiger partial charge in [-0.15, -0.1) is 0 Å². The molecule has 0 aliphatic carbocycles. The smallest absolute Gasteiger partial charge is 0.270 e. The maximum absolute atomic E-state index is 11.8. The van der Waals surface area contributed by atoms with E-state index in [9.17, 15) is 4.79 Å². The van der Waals surface area contributed by atoms with Crippen molar-refractivity contribution in [3.8, 4) is 23.3 Å². The number of nitrogens with two attached hydrogens (primary N) is 1. The van der Waals surface area contributed by atoms with Gasteiger partial charge in [0.2, 0.25) is 0 Å². The fourth-order valence-corrected chi connectivity index (χ4v) is 3.35. The summed E-state index contributed by atoms with van der Waals surface area (Å²) in [5.41, 5.74) is 6.39. The summed E-state index contributed by atoms with van der Waals surface area (Å²) in [7, 11) is 3.14. The molecule has 2 aromatic rings. The molecule has 3 rings (SSSR count). The second kappa shape index (κ2) is 10.3. The number of carbonyl (C=O) groups excluding carboxylic acids is 1. The van der Waals surface area contributed by atoms with Gasteiger partial charge >= 0.3 is 0 Å². The lowest BCUT2D eigenvalue weighted by Gasteiger charge is -2.31. The lowest BCUT2D eigenvalue weighted by molar-refractivity contribution is 0.0995. The summed E-state index contributed by atoms with van der Waals surface area (Å²) in [6, 6.07) is 5.58. The maximum Gasteiger partial charge on any atom is 0.270 e. The van der Waals surface area contributed by atoms with Crippen LogP contribution < -0.4 is 20.5 Å². The third-order valence-electron chi connectivity index (χ3n) is 4.92. The summed E-state index contributed by atoms with van der Waals surface area (Å²) >= 11 is 0. The molecule has 0 spiro atoms. The summed E-state index contributed by atoms with van der Waals surface area (Å²) in [6.07, 6.45) is 7.64. The Labute approximate surface area is 182 Å². The number of amides is 1. The lowest BCUT2D eigenvalue weighted by atomic mass is 10.1. The van der Waals surface area contributed by atoms with E-state index in [2.05, 4.69) is 38.2 Å². The predicted molar refractivity (Wildman–Crippen MR) is 119 cm³/mol. The van der Waals surface area contributed by atoms with Crippen LogP contribution in [0, 0.1) is 11.8 Å². The Morgan fingerprint density at radius 2 is 1.87 bits per heavy atom. The predicted octanol–water partition coefficient (Wildman–Crippen LogP) is 2.40. The number of methoxy groups -OCH3 is 2. The van der Waals surface area contributed by atoms with E-state index in [1.807, 2.05) is 13.0 Å². The van der Waals surface area contributed by atoms with Crippen molar-refractivity contribution in [2.75, 3.05) is 32.6 Å². The van der Waals surface area contributed by atoms with E-state index in [1.54, 1.807) is 32.4 Å². The van der Waals surface area contributed by atoms with Crippen LogP contribution in [0.25, 0.3) is 0 Å². The zero-order chi connectivity index (χ0) is 22.2. The molecule has 0 unspecified atom stereocenters. The quantitative estimate of drug-likeness (QED) is 0.691. The Kier molecular flexibility index (Phi) is 7.33. The number of hydrogen-bond acceptors (Lipinski definition) is 7. The molecule has 1 aliphatic heterocycles. The second-order valence-electron chi connectivity index (χ2n) is 7.11. The molecule has 1 fully saturated rings. The Bertz CT molecular complexity index is 995. The number of piperidine rings is 1. The second-order valence-corrected chi connectivity index (χ2v) is 7.11. The number of allylic oxidation sites excluding steroid dienone is 1. The van der Waals surface area contributed by atoms with Gasteiger partial charge in [0, 0.05) is 30.8 Å². The molecule has 1 saturated heterocycles. The van der Waals surface area contributed by atoms with E-state index in [1.165, 1.54) is 6.20 Å². The highest BCUT2D eigenvalue weighted by atomic mass is 16.5. The molecule has 3 N–H and O–H groups in total. The SMILES string of the molecule is CC=CN1CCC(Nc2cnc(C(N)=O)c(C#Cc3cc(OC)cc(OC)c3)n2)CC1. The maximum atomic E-state index is 11.8. The van der Waals surface area contributed by atoms with Crippen molar-refractivity contribution in [3.63, 3.8) is 0 Å². The molecule has 0 saturated carbocycles. The molecule has 1 aliphatic rings. The normalized spacial score (nSPS) is 14.1. The highest BCUT2D eigenvalue weighted by Gasteiger charge is 2.18. The van der Waals surface area contributed by atoms with Crippen LogP contribution in [0.5, 0.6) is 11.5 Å². The lowest BCUT2D eigenvalue weighted by Crippen LogP contribution is -2.36. The highest BCUT2D eigenvalue weighted by molar-refractivity contribution is 5.93. The molecule has 1 aromatic heterocycles. The van der Waals surface area contributed by atoms with Crippen molar-refractivity contribution in [1.29, 1.82) is 0 Å². The van der Waals surface area contributed by atoms with Crippen LogP contribution in [0.15, 0.2) is 36.7 Å². The summed E-state index contributed by atoms with van der Waals surface area (Å²) in [4.78, 5) is 22.8. The van der Waals surface area contributed by atoms with Gasteiger partial charge in [0.05, 0.1) is 20.4 Å². The standard InChI is InChI=1S/C23H27N5O3/c1-4-9-28-10-7-17(8-11-28)26-21-15-25-22(23(24)29)20(27-21)6-5-16-12-18(30-2)14-19(13-16)31-3/h4,9,12-15,17H,7-8,10-11H2,1-3H3,(H2,24,29)(H,26,27). The minimum Gasteiger partial charge on any atom is -0.497 e. The number of ether oxygens (including phenoxy) is 2. The number of benzene rings is 1. The summed E-state index contributed by atoms with van der Waals surface area (Å²) in [5, 5.41) is 3.40. The van der Waals surface area contributed by atoms with E-state index >= 15 is 0 Å². The Morgan fingerprint density at radius 1 is 1.19 bits per heavy atom. The molecule has 31 heavy (non-hydrogen) atoms. The number of primary amides is 1. The van der Waals surface area contributed by atoms with Crippen molar-refractivity contribution in [2.45, 2.75) is 25.8 Å². The van der Waals surface area contributed by atoms with Gasteiger partial charge in [0.15, 0.2) is 5.69 Å². The van der Waals surface area contributed by atoms with Crippen molar-refractivity contribution in [2.24, 2.45) is 5.73 Å². The first-order valence-electron chi connectivity index (χ1n) is 10.1. The largest absolute Gasteiger partial charge is 0.497 e. The highest BCUT2D eigenvalue weighted by Crippen LogP contribution is 2.22. The van der Waals surface area contributed by atoms with Crippen LogP contribution in [0.4, 0.5) is 5.82 Å². The number of nitrogens with one attached hydrogen (secondary N) is 1. The number of nitrogens with zero attached hydrogens (tertiary/aromatic N) is 3. The zero-order valence-corrected chi connectivity index (χ0v) is 18.0. The Morgan fingerprint density at radius 3 is 2.45 bits per heavy atom. The molecular formula is C23H27N5O3. The van der Waals surface area contributed by atoms with Gasteiger partial charge in [-0.2, -0.15) is 0 Å². The fraction of sp³-hybridized carbons (Fsp3) is 0.348. The van der Waals surface area contributed by atoms with Crippen molar-refractivity contribution in [1.82, 2.24) is 14.9 Å². The first-order valence-corrected chi connectivity index (χ1v) is 10.1. The van der Waals surface area contributed by atoms with E-state index in [0.29, 0.717) is 22.9 Å². The van der Waals surface area contributed by atoms with Gasteiger partial charge in [-0.1, -0.05) is 12.0 Å². The molecule has 0 atom stereocenters. The van der Waals surface area contributed by atoms with E-state index < -0.39 is 5.91 Å². The van der Waals surface area contributed by atoms with Crippen LogP contribution in [0.1, 0.15) is 41.5 Å². The van der Waals surface area contributed by atoms with Crippen LogP contribution in [0.2, 0.25) is 0 Å². The first kappa shape index (κ1) is 22.0. The third kappa shape index (κ3) is 5.89. The molecular weight excluding hydrogens is 394 g/mol. The van der Waals surface area contributed by atoms with Crippen molar-refractivity contribution < 1.29 is 14.3 Å². The van der Waals surface area contributed by atoms with Gasteiger partial charge in [-0.05, 0) is 44.0 Å². The minimum absolute atomic E-state index is 0.0378. The molecule has 0 radical (unpaired) electrons. The number of likely N-dealkylation sites (tertiary alicyclic amines) is 1. The number of hydrogen-bond donors (Lipinski definition) is 2. The van der Waals surface area contributed by atoms with Crippen molar-refractivity contribution in [3.05, 3.63) is 53.6 Å². The summed E-state index contributed by atoms with van der Waals surface area (Å²) in [5.74, 6) is 7.04. The van der Waals surface area contributed by atoms with Crippen LogP contribution in [-0.2, 0) is 0 Å². The zero-order valence-electron chi connectivity index (χ0n) is 18.0. The van der Waals surface area contributed by atoms with E-state index in [0.717, 1.165) is 25.9 Å². The molecule has 0 bridgehead atoms. The van der Waals surface area contributed by atoms with Crippen LogP contribution in [0.3, 0.4) is 0 Å². The first-order chi connectivity index (χ1) is 15.0. The molecule has 8 heteroatoms. The van der Waals surface area contributed by atoms with Gasteiger partial charge < -0.3 is 25.4 Å². The summed E-state index contributed by atoms with van der Waals surface area (Å²) in [6.45, 7) is 3.96. The number of carbonyl (C=O) groups is 1. The Hall–Kier alpha value is -3.73. The molecule has 162 valence electrons. The van der Waals surface area contributed by atoms with Gasteiger partial charge in [0.1, 0.15) is 23.0 Å². The Balaban J connectivity index is 1.82. The average molecular weight is 422 g/mol. The van der Waals surface area contributed by atoms with Gasteiger partial charge in [0.25, 0.3) is 5.91 Å². The van der Waals surface area contributed by atoms with Crippen molar-refractivity contribution >= 4 is 11.7 Å². The topological polar surface area (TPSA) is 103 Å². The average Bonchev–Trinajstić information content (AvgIpc) is 2.78. The number of aromatic nitrogens is 2. The number of anilines is 1. The molecule has 8 nitrogen and oxygen atoms in total. The van der Waals surface area contributed by atoms with Gasteiger partial charge in [-0.3, -0.25) is 4.79 Å². The molecule has 1 aromatic carbocycles. The van der Waals surface area contributed by atoms with Crippen LogP contribution in [-0.4, -0.2) is 54.1 Å².